The van der Waals surface area contributed by atoms with Gasteiger partial charge < -0.3 is 4.42 Å². The summed E-state index contributed by atoms with van der Waals surface area (Å²) in [5.41, 5.74) is 13.6. The standard InChI is InChI=1S/C55H35N3O/c1-4-12-36(13-5-1)39-22-24-40(25-23-39)53-56-54(46-29-28-43-32-42(26-27-44(43)34-46)38-16-8-3-9-17-38)58-55(57-53)47-30-31-49-51(35-47)59-50-21-11-20-48(52(49)50)45-19-10-18-41(33-45)37-14-6-2-7-15-37/h1-35H. The number of benzene rings is 9. The minimum absolute atomic E-state index is 0.579. The third-order valence-corrected chi connectivity index (χ3v) is 11.1. The van der Waals surface area contributed by atoms with Crippen LogP contribution in [0.1, 0.15) is 0 Å². The molecule has 0 radical (unpaired) electrons. The van der Waals surface area contributed by atoms with Crippen molar-refractivity contribution in [1.29, 1.82) is 0 Å². The fourth-order valence-electron chi connectivity index (χ4n) is 8.10. The molecule has 4 nitrogen and oxygen atoms in total. The van der Waals surface area contributed by atoms with Crippen molar-refractivity contribution in [3.8, 4) is 78.7 Å². The SMILES string of the molecule is c1ccc(-c2ccc(-c3nc(-c4ccc5cc(-c6ccccc6)ccc5c4)nc(-c4ccc5c(c4)oc4cccc(-c6cccc(-c7ccccc7)c6)c45)n3)cc2)cc1. The number of hydrogen-bond acceptors (Lipinski definition) is 4. The van der Waals surface area contributed by atoms with Crippen molar-refractivity contribution in [2.45, 2.75) is 0 Å². The fourth-order valence-corrected chi connectivity index (χ4v) is 8.10. The molecule has 0 atom stereocenters. The lowest BCUT2D eigenvalue weighted by Crippen LogP contribution is -2.00. The van der Waals surface area contributed by atoms with Crippen molar-refractivity contribution in [2.75, 3.05) is 0 Å². The number of nitrogens with zero attached hydrogens (tertiary/aromatic N) is 3. The molecule has 0 amide bonds. The van der Waals surface area contributed by atoms with E-state index in [-0.39, 0.29) is 0 Å². The highest BCUT2D eigenvalue weighted by atomic mass is 16.3. The van der Waals surface area contributed by atoms with Gasteiger partial charge in [0.2, 0.25) is 0 Å². The van der Waals surface area contributed by atoms with Crippen LogP contribution < -0.4 is 0 Å². The molecule has 0 spiro atoms. The first-order valence-corrected chi connectivity index (χ1v) is 19.8. The molecule has 9 aromatic carbocycles. The van der Waals surface area contributed by atoms with Crippen LogP contribution >= 0.6 is 0 Å². The van der Waals surface area contributed by atoms with E-state index in [4.69, 9.17) is 19.4 Å². The first-order valence-electron chi connectivity index (χ1n) is 19.8. The first kappa shape index (κ1) is 34.3. The number of hydrogen-bond donors (Lipinski definition) is 0. The predicted octanol–water partition coefficient (Wildman–Crippen LogP) is 14.6. The molecule has 11 aromatic rings. The minimum atomic E-state index is 0.579. The fraction of sp³-hybridized carbons (Fsp3) is 0. The zero-order chi connectivity index (χ0) is 39.1. The van der Waals surface area contributed by atoms with Crippen LogP contribution in [0.5, 0.6) is 0 Å². The molecule has 59 heavy (non-hydrogen) atoms. The molecule has 0 fully saturated rings. The number of rotatable bonds is 7. The monoisotopic (exact) mass is 753 g/mol. The molecule has 0 aliphatic rings. The Labute approximate surface area is 341 Å². The molecule has 276 valence electrons. The summed E-state index contributed by atoms with van der Waals surface area (Å²) in [4.78, 5) is 15.3. The average Bonchev–Trinajstić information content (AvgIpc) is 3.70. The Hall–Kier alpha value is -7.95. The van der Waals surface area contributed by atoms with Gasteiger partial charge >= 0.3 is 0 Å². The van der Waals surface area contributed by atoms with Crippen LogP contribution in [0.2, 0.25) is 0 Å². The maximum absolute atomic E-state index is 6.60. The minimum Gasteiger partial charge on any atom is -0.456 e. The van der Waals surface area contributed by atoms with Crippen LogP contribution in [0.4, 0.5) is 0 Å². The molecule has 0 unspecified atom stereocenters. The summed E-state index contributed by atoms with van der Waals surface area (Å²) in [6.45, 7) is 0. The van der Waals surface area contributed by atoms with Gasteiger partial charge in [-0.2, -0.15) is 0 Å². The average molecular weight is 754 g/mol. The molecule has 0 saturated heterocycles. The normalized spacial score (nSPS) is 11.4. The van der Waals surface area contributed by atoms with Gasteiger partial charge in [-0.1, -0.05) is 176 Å². The molecule has 0 bridgehead atoms. The van der Waals surface area contributed by atoms with Crippen LogP contribution in [0.15, 0.2) is 217 Å². The van der Waals surface area contributed by atoms with E-state index < -0.39 is 0 Å². The highest BCUT2D eigenvalue weighted by molar-refractivity contribution is 6.13. The van der Waals surface area contributed by atoms with Crippen molar-refractivity contribution in [3.05, 3.63) is 212 Å². The van der Waals surface area contributed by atoms with Gasteiger partial charge in [0, 0.05) is 27.5 Å². The number of fused-ring (bicyclic) bond motifs is 4. The Morgan fingerprint density at radius 1 is 0.271 bits per heavy atom. The van der Waals surface area contributed by atoms with Gasteiger partial charge in [-0.3, -0.25) is 0 Å². The Morgan fingerprint density at radius 2 is 0.712 bits per heavy atom. The molecule has 0 aliphatic heterocycles. The van der Waals surface area contributed by atoms with Crippen molar-refractivity contribution >= 4 is 32.7 Å². The second-order valence-electron chi connectivity index (χ2n) is 14.8. The van der Waals surface area contributed by atoms with Crippen LogP contribution in [0.3, 0.4) is 0 Å². The molecule has 0 aliphatic carbocycles. The van der Waals surface area contributed by atoms with Crippen molar-refractivity contribution in [2.24, 2.45) is 0 Å². The summed E-state index contributed by atoms with van der Waals surface area (Å²) < 4.78 is 6.60. The van der Waals surface area contributed by atoms with E-state index in [2.05, 4.69) is 188 Å². The summed E-state index contributed by atoms with van der Waals surface area (Å²) in [5.74, 6) is 1.79. The van der Waals surface area contributed by atoms with E-state index in [0.717, 1.165) is 71.7 Å². The molecule has 4 heteroatoms. The molecule has 11 rings (SSSR count). The molecular weight excluding hydrogens is 719 g/mol. The maximum atomic E-state index is 6.60. The van der Waals surface area contributed by atoms with Crippen molar-refractivity contribution < 1.29 is 4.42 Å². The van der Waals surface area contributed by atoms with Crippen molar-refractivity contribution in [3.63, 3.8) is 0 Å². The van der Waals surface area contributed by atoms with Crippen LogP contribution in [0, 0.1) is 0 Å². The van der Waals surface area contributed by atoms with E-state index >= 15 is 0 Å². The van der Waals surface area contributed by atoms with Crippen LogP contribution in [0.25, 0.3) is 111 Å². The van der Waals surface area contributed by atoms with Gasteiger partial charge in [0.25, 0.3) is 0 Å². The van der Waals surface area contributed by atoms with Gasteiger partial charge in [0.1, 0.15) is 11.2 Å². The zero-order valence-electron chi connectivity index (χ0n) is 32.0. The van der Waals surface area contributed by atoms with E-state index in [1.807, 2.05) is 24.3 Å². The summed E-state index contributed by atoms with van der Waals surface area (Å²) in [6, 6.07) is 74.1. The second kappa shape index (κ2) is 14.5. The smallest absolute Gasteiger partial charge is 0.164 e. The molecule has 2 heterocycles. The summed E-state index contributed by atoms with van der Waals surface area (Å²) >= 11 is 0. The first-order chi connectivity index (χ1) is 29.2. The summed E-state index contributed by atoms with van der Waals surface area (Å²) in [5, 5.41) is 4.40. The van der Waals surface area contributed by atoms with Crippen molar-refractivity contribution in [1.82, 2.24) is 15.0 Å². The van der Waals surface area contributed by atoms with E-state index in [1.165, 1.54) is 22.3 Å². The third-order valence-electron chi connectivity index (χ3n) is 11.1. The Morgan fingerprint density at radius 3 is 1.37 bits per heavy atom. The van der Waals surface area contributed by atoms with E-state index in [0.29, 0.717) is 17.5 Å². The topological polar surface area (TPSA) is 51.8 Å². The highest BCUT2D eigenvalue weighted by Crippen LogP contribution is 2.39. The lowest BCUT2D eigenvalue weighted by molar-refractivity contribution is 0.669. The van der Waals surface area contributed by atoms with E-state index in [9.17, 15) is 0 Å². The largest absolute Gasteiger partial charge is 0.456 e. The second-order valence-corrected chi connectivity index (χ2v) is 14.8. The highest BCUT2D eigenvalue weighted by Gasteiger charge is 2.17. The van der Waals surface area contributed by atoms with Gasteiger partial charge in [-0.15, -0.1) is 0 Å². The van der Waals surface area contributed by atoms with Crippen LogP contribution in [-0.4, -0.2) is 15.0 Å². The van der Waals surface area contributed by atoms with Gasteiger partial charge in [0.05, 0.1) is 0 Å². The Kier molecular flexibility index (Phi) is 8.45. The molecule has 2 aromatic heterocycles. The summed E-state index contributed by atoms with van der Waals surface area (Å²) in [6.07, 6.45) is 0. The summed E-state index contributed by atoms with van der Waals surface area (Å²) in [7, 11) is 0. The van der Waals surface area contributed by atoms with E-state index in [1.54, 1.807) is 0 Å². The van der Waals surface area contributed by atoms with Gasteiger partial charge in [0.15, 0.2) is 17.5 Å². The predicted molar refractivity (Wildman–Crippen MR) is 243 cm³/mol. The quantitative estimate of drug-likeness (QED) is 0.163. The van der Waals surface area contributed by atoms with Gasteiger partial charge in [-0.05, 0) is 91.7 Å². The molecular formula is C55H35N3O. The van der Waals surface area contributed by atoms with Gasteiger partial charge in [-0.25, -0.2) is 15.0 Å². The zero-order valence-corrected chi connectivity index (χ0v) is 32.0. The Bertz CT molecular complexity index is 3300. The maximum Gasteiger partial charge on any atom is 0.164 e. The number of aromatic nitrogens is 3. The lowest BCUT2D eigenvalue weighted by atomic mass is 9.96. The van der Waals surface area contributed by atoms with Crippen LogP contribution in [-0.2, 0) is 0 Å². The Balaban J connectivity index is 1.02. The molecule has 0 saturated carbocycles. The third kappa shape index (κ3) is 6.53. The lowest BCUT2D eigenvalue weighted by Gasteiger charge is -2.10. The number of furan rings is 1. The molecule has 0 N–H and O–H groups in total.